The van der Waals surface area contributed by atoms with Gasteiger partial charge in [0.2, 0.25) is 0 Å². The van der Waals surface area contributed by atoms with E-state index in [-0.39, 0.29) is 0 Å². The summed E-state index contributed by atoms with van der Waals surface area (Å²) in [5.74, 6) is 0.840. The van der Waals surface area contributed by atoms with E-state index in [0.717, 1.165) is 23.4 Å². The van der Waals surface area contributed by atoms with E-state index in [1.54, 1.807) is 0 Å². The number of hydrogen-bond donors (Lipinski definition) is 1. The van der Waals surface area contributed by atoms with Crippen LogP contribution in [0.4, 0.5) is 0 Å². The zero-order chi connectivity index (χ0) is 15.2. The van der Waals surface area contributed by atoms with Gasteiger partial charge in [0.15, 0.2) is 0 Å². The third kappa shape index (κ3) is 5.24. The third-order valence-electron chi connectivity index (χ3n) is 3.01. The standard InChI is InChI=1S/C17H19Cl2NO/c1-12(2)20-10-14-9-16(19)6-7-17(14)21-11-13-4-3-5-15(18)8-13/h3-9,12,20H,10-11H2,1-2H3. The van der Waals surface area contributed by atoms with Crippen LogP contribution < -0.4 is 10.1 Å². The SMILES string of the molecule is CC(C)NCc1cc(Cl)ccc1OCc1cccc(Cl)c1. The van der Waals surface area contributed by atoms with E-state index in [4.69, 9.17) is 27.9 Å². The molecule has 2 rings (SSSR count). The first-order valence-corrected chi connectivity index (χ1v) is 7.69. The molecular formula is C17H19Cl2NO. The maximum absolute atomic E-state index is 6.07. The lowest BCUT2D eigenvalue weighted by atomic mass is 10.2. The summed E-state index contributed by atoms with van der Waals surface area (Å²) in [6.45, 7) is 5.42. The first-order chi connectivity index (χ1) is 10.0. The minimum absolute atomic E-state index is 0.407. The van der Waals surface area contributed by atoms with Crippen LogP contribution in [0.25, 0.3) is 0 Å². The highest BCUT2D eigenvalue weighted by Gasteiger charge is 2.06. The van der Waals surface area contributed by atoms with Gasteiger partial charge in [-0.15, -0.1) is 0 Å². The summed E-state index contributed by atoms with van der Waals surface area (Å²) in [5, 5.41) is 4.81. The van der Waals surface area contributed by atoms with E-state index in [0.29, 0.717) is 22.7 Å². The van der Waals surface area contributed by atoms with Gasteiger partial charge in [-0.2, -0.15) is 0 Å². The molecule has 0 amide bonds. The third-order valence-corrected chi connectivity index (χ3v) is 3.48. The highest BCUT2D eigenvalue weighted by atomic mass is 35.5. The fraction of sp³-hybridized carbons (Fsp3) is 0.294. The van der Waals surface area contributed by atoms with Crippen LogP contribution in [-0.2, 0) is 13.2 Å². The van der Waals surface area contributed by atoms with Gasteiger partial charge in [0.1, 0.15) is 12.4 Å². The fourth-order valence-corrected chi connectivity index (χ4v) is 2.34. The summed E-state index contributed by atoms with van der Waals surface area (Å²) in [7, 11) is 0. The maximum Gasteiger partial charge on any atom is 0.124 e. The molecule has 0 saturated carbocycles. The van der Waals surface area contributed by atoms with Gasteiger partial charge < -0.3 is 10.1 Å². The molecule has 0 heterocycles. The Labute approximate surface area is 136 Å². The number of ether oxygens (including phenoxy) is 1. The summed E-state index contributed by atoms with van der Waals surface area (Å²) in [6.07, 6.45) is 0. The lowest BCUT2D eigenvalue weighted by Gasteiger charge is -2.14. The molecule has 0 aliphatic heterocycles. The monoisotopic (exact) mass is 323 g/mol. The van der Waals surface area contributed by atoms with E-state index in [1.807, 2.05) is 42.5 Å². The summed E-state index contributed by atoms with van der Waals surface area (Å²) < 4.78 is 5.91. The van der Waals surface area contributed by atoms with E-state index in [9.17, 15) is 0 Å². The Hall–Kier alpha value is -1.22. The van der Waals surface area contributed by atoms with Gasteiger partial charge in [-0.1, -0.05) is 49.2 Å². The molecule has 0 bridgehead atoms. The molecule has 0 spiro atoms. The molecule has 0 radical (unpaired) electrons. The quantitative estimate of drug-likeness (QED) is 0.801. The summed E-state index contributed by atoms with van der Waals surface area (Å²) >= 11 is 12.0. The van der Waals surface area contributed by atoms with Crippen LogP contribution in [0.3, 0.4) is 0 Å². The Morgan fingerprint density at radius 3 is 2.52 bits per heavy atom. The van der Waals surface area contributed by atoms with Crippen LogP contribution in [0.15, 0.2) is 42.5 Å². The molecule has 0 aliphatic rings. The van der Waals surface area contributed by atoms with Crippen LogP contribution in [0.5, 0.6) is 5.75 Å². The van der Waals surface area contributed by atoms with Gasteiger partial charge in [0.25, 0.3) is 0 Å². The smallest absolute Gasteiger partial charge is 0.124 e. The lowest BCUT2D eigenvalue weighted by Crippen LogP contribution is -2.22. The molecule has 112 valence electrons. The van der Waals surface area contributed by atoms with Crippen LogP contribution in [0, 0.1) is 0 Å². The molecule has 0 saturated heterocycles. The number of halogens is 2. The summed E-state index contributed by atoms with van der Waals surface area (Å²) in [4.78, 5) is 0. The first-order valence-electron chi connectivity index (χ1n) is 6.93. The number of hydrogen-bond acceptors (Lipinski definition) is 2. The predicted octanol–water partition coefficient (Wildman–Crippen LogP) is 5.07. The van der Waals surface area contributed by atoms with Crippen molar-refractivity contribution in [2.75, 3.05) is 0 Å². The van der Waals surface area contributed by atoms with E-state index < -0.39 is 0 Å². The van der Waals surface area contributed by atoms with Crippen molar-refractivity contribution >= 4 is 23.2 Å². The number of rotatable bonds is 6. The molecule has 0 aliphatic carbocycles. The summed E-state index contributed by atoms with van der Waals surface area (Å²) in [5.41, 5.74) is 2.10. The largest absolute Gasteiger partial charge is 0.489 e. The predicted molar refractivity (Wildman–Crippen MR) is 89.2 cm³/mol. The van der Waals surface area contributed by atoms with Gasteiger partial charge in [0.05, 0.1) is 0 Å². The Balaban J connectivity index is 2.08. The van der Waals surface area contributed by atoms with Crippen molar-refractivity contribution in [2.45, 2.75) is 33.0 Å². The van der Waals surface area contributed by atoms with Gasteiger partial charge >= 0.3 is 0 Å². The molecule has 0 atom stereocenters. The van der Waals surface area contributed by atoms with Crippen LogP contribution in [-0.4, -0.2) is 6.04 Å². The first kappa shape index (κ1) is 16.2. The molecule has 0 fully saturated rings. The second kappa shape index (κ2) is 7.69. The Kier molecular flexibility index (Phi) is 5.92. The number of benzene rings is 2. The van der Waals surface area contributed by atoms with Crippen LogP contribution in [0.1, 0.15) is 25.0 Å². The molecule has 0 aromatic heterocycles. The molecule has 2 aromatic rings. The lowest BCUT2D eigenvalue weighted by molar-refractivity contribution is 0.302. The minimum atomic E-state index is 0.407. The highest BCUT2D eigenvalue weighted by Crippen LogP contribution is 2.24. The van der Waals surface area contributed by atoms with Crippen molar-refractivity contribution < 1.29 is 4.74 Å². The van der Waals surface area contributed by atoms with Gasteiger partial charge in [-0.25, -0.2) is 0 Å². The molecule has 4 heteroatoms. The van der Waals surface area contributed by atoms with Gasteiger partial charge in [-0.05, 0) is 35.9 Å². The van der Waals surface area contributed by atoms with Crippen molar-refractivity contribution in [3.05, 3.63) is 63.6 Å². The van der Waals surface area contributed by atoms with Crippen molar-refractivity contribution in [2.24, 2.45) is 0 Å². The second-order valence-corrected chi connectivity index (χ2v) is 6.08. The molecule has 0 unspecified atom stereocenters. The van der Waals surface area contributed by atoms with Crippen LogP contribution >= 0.6 is 23.2 Å². The fourth-order valence-electron chi connectivity index (χ4n) is 1.93. The molecular weight excluding hydrogens is 305 g/mol. The zero-order valence-electron chi connectivity index (χ0n) is 12.2. The maximum atomic E-state index is 6.07. The van der Waals surface area contributed by atoms with Crippen molar-refractivity contribution in [3.8, 4) is 5.75 Å². The molecule has 21 heavy (non-hydrogen) atoms. The normalized spacial score (nSPS) is 10.9. The molecule has 2 aromatic carbocycles. The average molecular weight is 324 g/mol. The van der Waals surface area contributed by atoms with E-state index in [2.05, 4.69) is 19.2 Å². The van der Waals surface area contributed by atoms with Crippen molar-refractivity contribution in [3.63, 3.8) is 0 Å². The average Bonchev–Trinajstić information content (AvgIpc) is 2.44. The van der Waals surface area contributed by atoms with E-state index >= 15 is 0 Å². The van der Waals surface area contributed by atoms with Crippen molar-refractivity contribution in [1.29, 1.82) is 0 Å². The summed E-state index contributed by atoms with van der Waals surface area (Å²) in [6, 6.07) is 13.8. The topological polar surface area (TPSA) is 21.3 Å². The van der Waals surface area contributed by atoms with E-state index in [1.165, 1.54) is 0 Å². The molecule has 2 nitrogen and oxygen atoms in total. The minimum Gasteiger partial charge on any atom is -0.489 e. The van der Waals surface area contributed by atoms with Gasteiger partial charge in [-0.3, -0.25) is 0 Å². The Morgan fingerprint density at radius 1 is 1.05 bits per heavy atom. The van der Waals surface area contributed by atoms with Crippen molar-refractivity contribution in [1.82, 2.24) is 5.32 Å². The highest BCUT2D eigenvalue weighted by molar-refractivity contribution is 6.30. The zero-order valence-corrected chi connectivity index (χ0v) is 13.7. The Bertz CT molecular complexity index is 599. The Morgan fingerprint density at radius 2 is 1.81 bits per heavy atom. The number of nitrogens with one attached hydrogen (secondary N) is 1. The van der Waals surface area contributed by atoms with Gasteiger partial charge in [0, 0.05) is 28.2 Å². The second-order valence-electron chi connectivity index (χ2n) is 5.21. The van der Waals surface area contributed by atoms with Crippen LogP contribution in [0.2, 0.25) is 10.0 Å². The molecule has 1 N–H and O–H groups in total.